The number of ether oxygens (including phenoxy) is 1. The van der Waals surface area contributed by atoms with Crippen LogP contribution in [0.3, 0.4) is 0 Å². The fraction of sp³-hybridized carbons (Fsp3) is 0.462. The van der Waals surface area contributed by atoms with Crippen molar-refractivity contribution < 1.29 is 9.53 Å². The summed E-state index contributed by atoms with van der Waals surface area (Å²) in [6.07, 6.45) is 1.04. The third-order valence-corrected chi connectivity index (χ3v) is 2.11. The Kier molecular flexibility index (Phi) is 4.35. The highest BCUT2D eigenvalue weighted by Gasteiger charge is 2.05. The van der Waals surface area contributed by atoms with Crippen molar-refractivity contribution in [3.8, 4) is 0 Å². The van der Waals surface area contributed by atoms with E-state index in [2.05, 4.69) is 13.8 Å². The topological polar surface area (TPSA) is 26.3 Å². The molecule has 2 nitrogen and oxygen atoms in total. The summed E-state index contributed by atoms with van der Waals surface area (Å²) in [5, 5.41) is 0. The van der Waals surface area contributed by atoms with E-state index in [0.717, 1.165) is 6.42 Å². The summed E-state index contributed by atoms with van der Waals surface area (Å²) in [5.74, 6) is 0.395. The van der Waals surface area contributed by atoms with Gasteiger partial charge in [-0.3, -0.25) is 0 Å². The SMILES string of the molecule is CCOC(=O)c1ccc(CC(C)C)cc1. The van der Waals surface area contributed by atoms with Gasteiger partial charge in [0, 0.05) is 0 Å². The van der Waals surface area contributed by atoms with Crippen LogP contribution in [-0.2, 0) is 11.2 Å². The molecular weight excluding hydrogens is 188 g/mol. The number of rotatable bonds is 4. The van der Waals surface area contributed by atoms with Crippen molar-refractivity contribution in [2.45, 2.75) is 27.2 Å². The van der Waals surface area contributed by atoms with Crippen LogP contribution in [0.25, 0.3) is 0 Å². The van der Waals surface area contributed by atoms with Gasteiger partial charge in [0.2, 0.25) is 0 Å². The molecule has 1 rings (SSSR count). The minimum absolute atomic E-state index is 0.242. The molecule has 0 aromatic heterocycles. The summed E-state index contributed by atoms with van der Waals surface area (Å²) >= 11 is 0. The van der Waals surface area contributed by atoms with Crippen LogP contribution in [0.5, 0.6) is 0 Å². The standard InChI is InChI=1S/C13H18O2/c1-4-15-13(14)12-7-5-11(6-8-12)9-10(2)3/h5-8,10H,4,9H2,1-3H3. The summed E-state index contributed by atoms with van der Waals surface area (Å²) in [4.78, 5) is 11.4. The van der Waals surface area contributed by atoms with E-state index in [1.165, 1.54) is 5.56 Å². The Morgan fingerprint density at radius 2 is 1.87 bits per heavy atom. The van der Waals surface area contributed by atoms with E-state index in [9.17, 15) is 4.79 Å². The van der Waals surface area contributed by atoms with Gasteiger partial charge in [0.25, 0.3) is 0 Å². The molecule has 1 aromatic carbocycles. The molecule has 0 bridgehead atoms. The molecular formula is C13H18O2. The first-order valence-electron chi connectivity index (χ1n) is 5.39. The molecule has 0 heterocycles. The molecule has 0 atom stereocenters. The Balaban J connectivity index is 2.67. The second-order valence-electron chi connectivity index (χ2n) is 4.02. The molecule has 82 valence electrons. The van der Waals surface area contributed by atoms with Gasteiger partial charge < -0.3 is 4.74 Å². The van der Waals surface area contributed by atoms with E-state index in [0.29, 0.717) is 18.1 Å². The third kappa shape index (κ3) is 3.74. The summed E-state index contributed by atoms with van der Waals surface area (Å²) in [6.45, 7) is 6.59. The fourth-order valence-corrected chi connectivity index (χ4v) is 1.46. The van der Waals surface area contributed by atoms with Gasteiger partial charge in [-0.25, -0.2) is 4.79 Å². The van der Waals surface area contributed by atoms with Crippen LogP contribution in [0.1, 0.15) is 36.7 Å². The van der Waals surface area contributed by atoms with E-state index in [1.807, 2.05) is 31.2 Å². The van der Waals surface area contributed by atoms with Gasteiger partial charge in [-0.1, -0.05) is 26.0 Å². The molecule has 0 aliphatic rings. The summed E-state index contributed by atoms with van der Waals surface area (Å²) in [5.41, 5.74) is 1.89. The molecule has 2 heteroatoms. The minimum atomic E-state index is -0.242. The van der Waals surface area contributed by atoms with Gasteiger partial charge in [-0.05, 0) is 37.0 Å². The third-order valence-electron chi connectivity index (χ3n) is 2.11. The van der Waals surface area contributed by atoms with Crippen molar-refractivity contribution in [1.29, 1.82) is 0 Å². The highest BCUT2D eigenvalue weighted by Crippen LogP contribution is 2.10. The largest absolute Gasteiger partial charge is 0.462 e. The van der Waals surface area contributed by atoms with Crippen molar-refractivity contribution in [1.82, 2.24) is 0 Å². The van der Waals surface area contributed by atoms with Crippen molar-refractivity contribution in [3.05, 3.63) is 35.4 Å². The Morgan fingerprint density at radius 1 is 1.27 bits per heavy atom. The summed E-state index contributed by atoms with van der Waals surface area (Å²) in [6, 6.07) is 7.64. The van der Waals surface area contributed by atoms with E-state index >= 15 is 0 Å². The van der Waals surface area contributed by atoms with Crippen LogP contribution < -0.4 is 0 Å². The first-order chi connectivity index (χ1) is 7.13. The molecule has 0 spiro atoms. The van der Waals surface area contributed by atoms with Gasteiger partial charge >= 0.3 is 5.97 Å². The van der Waals surface area contributed by atoms with Gasteiger partial charge in [-0.15, -0.1) is 0 Å². The van der Waals surface area contributed by atoms with Crippen molar-refractivity contribution >= 4 is 5.97 Å². The highest BCUT2D eigenvalue weighted by atomic mass is 16.5. The first kappa shape index (κ1) is 11.8. The number of hydrogen-bond donors (Lipinski definition) is 0. The maximum absolute atomic E-state index is 11.4. The van der Waals surface area contributed by atoms with Crippen molar-refractivity contribution in [2.24, 2.45) is 5.92 Å². The quantitative estimate of drug-likeness (QED) is 0.708. The molecule has 0 saturated carbocycles. The van der Waals surface area contributed by atoms with Crippen molar-refractivity contribution in [3.63, 3.8) is 0 Å². The van der Waals surface area contributed by atoms with E-state index in [-0.39, 0.29) is 5.97 Å². The lowest BCUT2D eigenvalue weighted by molar-refractivity contribution is 0.0526. The molecule has 0 aliphatic heterocycles. The molecule has 15 heavy (non-hydrogen) atoms. The van der Waals surface area contributed by atoms with Gasteiger partial charge in [-0.2, -0.15) is 0 Å². The van der Waals surface area contributed by atoms with Crippen LogP contribution in [0, 0.1) is 5.92 Å². The van der Waals surface area contributed by atoms with E-state index in [1.54, 1.807) is 0 Å². The lowest BCUT2D eigenvalue weighted by atomic mass is 10.0. The maximum atomic E-state index is 11.4. The Bertz CT molecular complexity index is 312. The smallest absolute Gasteiger partial charge is 0.338 e. The lowest BCUT2D eigenvalue weighted by Gasteiger charge is -2.06. The number of esters is 1. The zero-order valence-electron chi connectivity index (χ0n) is 9.62. The maximum Gasteiger partial charge on any atom is 0.338 e. The molecule has 0 amide bonds. The number of hydrogen-bond acceptors (Lipinski definition) is 2. The lowest BCUT2D eigenvalue weighted by Crippen LogP contribution is -2.04. The fourth-order valence-electron chi connectivity index (χ4n) is 1.46. The van der Waals surface area contributed by atoms with E-state index < -0.39 is 0 Å². The van der Waals surface area contributed by atoms with Crippen LogP contribution in [0.4, 0.5) is 0 Å². The number of carbonyl (C=O) groups is 1. The van der Waals surface area contributed by atoms with Crippen molar-refractivity contribution in [2.75, 3.05) is 6.61 Å². The molecule has 0 saturated heterocycles. The van der Waals surface area contributed by atoms with Crippen LogP contribution in [0.2, 0.25) is 0 Å². The second kappa shape index (κ2) is 5.54. The normalized spacial score (nSPS) is 10.4. The van der Waals surface area contributed by atoms with Crippen LogP contribution in [-0.4, -0.2) is 12.6 Å². The molecule has 0 unspecified atom stereocenters. The number of benzene rings is 1. The molecule has 0 N–H and O–H groups in total. The monoisotopic (exact) mass is 206 g/mol. The Hall–Kier alpha value is -1.31. The predicted molar refractivity (Wildman–Crippen MR) is 60.9 cm³/mol. The van der Waals surface area contributed by atoms with E-state index in [4.69, 9.17) is 4.74 Å². The molecule has 0 radical (unpaired) electrons. The Morgan fingerprint density at radius 3 is 2.33 bits per heavy atom. The zero-order chi connectivity index (χ0) is 11.3. The van der Waals surface area contributed by atoms with Crippen LogP contribution >= 0.6 is 0 Å². The predicted octanol–water partition coefficient (Wildman–Crippen LogP) is 3.06. The highest BCUT2D eigenvalue weighted by molar-refractivity contribution is 5.89. The summed E-state index contributed by atoms with van der Waals surface area (Å²) < 4.78 is 4.91. The zero-order valence-corrected chi connectivity index (χ0v) is 9.62. The average molecular weight is 206 g/mol. The first-order valence-corrected chi connectivity index (χ1v) is 5.39. The molecule has 1 aromatic rings. The minimum Gasteiger partial charge on any atom is -0.462 e. The molecule has 0 fully saturated rings. The Labute approximate surface area is 91.3 Å². The van der Waals surface area contributed by atoms with Gasteiger partial charge in [0.15, 0.2) is 0 Å². The molecule has 0 aliphatic carbocycles. The van der Waals surface area contributed by atoms with Gasteiger partial charge in [0.1, 0.15) is 0 Å². The number of carbonyl (C=O) groups excluding carboxylic acids is 1. The summed E-state index contributed by atoms with van der Waals surface area (Å²) in [7, 11) is 0. The average Bonchev–Trinajstić information content (AvgIpc) is 2.18. The second-order valence-corrected chi connectivity index (χ2v) is 4.02. The van der Waals surface area contributed by atoms with Gasteiger partial charge in [0.05, 0.1) is 12.2 Å². The van der Waals surface area contributed by atoms with Crippen LogP contribution in [0.15, 0.2) is 24.3 Å².